The predicted octanol–water partition coefficient (Wildman–Crippen LogP) is 5.06. The first-order valence-electron chi connectivity index (χ1n) is 10.6. The second-order valence-corrected chi connectivity index (χ2v) is 9.93. The van der Waals surface area contributed by atoms with Crippen LogP contribution >= 0.6 is 22.7 Å². The summed E-state index contributed by atoms with van der Waals surface area (Å²) in [6, 6.07) is 13.7. The normalized spacial score (nSPS) is 13.7. The van der Waals surface area contributed by atoms with Crippen LogP contribution in [-0.4, -0.2) is 45.0 Å². The van der Waals surface area contributed by atoms with Gasteiger partial charge in [-0.05, 0) is 31.5 Å². The molecule has 1 fully saturated rings. The lowest BCUT2D eigenvalue weighted by atomic mass is 10.1. The zero-order valence-electron chi connectivity index (χ0n) is 18.3. The number of ether oxygens (including phenoxy) is 1. The van der Waals surface area contributed by atoms with Gasteiger partial charge in [0.1, 0.15) is 5.82 Å². The van der Waals surface area contributed by atoms with Crippen molar-refractivity contribution in [2.24, 2.45) is 0 Å². The number of nitrogens with one attached hydrogen (secondary N) is 1. The molecule has 0 radical (unpaired) electrons. The molecule has 1 amide bonds. The van der Waals surface area contributed by atoms with Crippen molar-refractivity contribution in [3.8, 4) is 10.6 Å². The van der Waals surface area contributed by atoms with E-state index in [1.165, 1.54) is 11.3 Å². The molecule has 3 aromatic heterocycles. The van der Waals surface area contributed by atoms with E-state index in [2.05, 4.69) is 20.3 Å². The minimum Gasteiger partial charge on any atom is -0.370 e. The number of benzene rings is 1. The number of rotatable bonds is 7. The number of carbonyl (C=O) groups is 1. The fourth-order valence-electron chi connectivity index (χ4n) is 3.59. The summed E-state index contributed by atoms with van der Waals surface area (Å²) >= 11 is 3.16. The number of amides is 1. The summed E-state index contributed by atoms with van der Waals surface area (Å²) in [5, 5.41) is 7.02. The molecule has 5 rings (SSSR count). The number of hydrogen-bond acceptors (Lipinski definition) is 8. The standard InChI is InChI=1S/C24H23N5O2S2/c1-15-22(33-16(2)26-15)20-14-32-24(27-20)28-21-9-8-18(10-25-21)23(30)29-11-19(12-29)31-13-17-6-4-3-5-7-17/h3-10,14,19H,11-13H2,1-2H3,(H,25,27,28). The van der Waals surface area contributed by atoms with Gasteiger partial charge in [-0.1, -0.05) is 30.3 Å². The maximum atomic E-state index is 12.7. The molecule has 0 bridgehead atoms. The minimum atomic E-state index is -0.0267. The number of carbonyl (C=O) groups excluding carboxylic acids is 1. The molecule has 168 valence electrons. The third-order valence-corrected chi connectivity index (χ3v) is 7.20. The Balaban J connectivity index is 1.13. The molecule has 4 heterocycles. The van der Waals surface area contributed by atoms with E-state index in [9.17, 15) is 4.79 Å². The summed E-state index contributed by atoms with van der Waals surface area (Å²) < 4.78 is 5.88. The van der Waals surface area contributed by atoms with Crippen LogP contribution < -0.4 is 5.32 Å². The number of anilines is 2. The van der Waals surface area contributed by atoms with Crippen molar-refractivity contribution in [3.63, 3.8) is 0 Å². The number of pyridine rings is 1. The molecule has 9 heteroatoms. The van der Waals surface area contributed by atoms with Crippen LogP contribution in [0.3, 0.4) is 0 Å². The van der Waals surface area contributed by atoms with E-state index in [-0.39, 0.29) is 12.0 Å². The maximum absolute atomic E-state index is 12.7. The molecule has 1 aliphatic rings. The number of nitrogens with zero attached hydrogens (tertiary/aromatic N) is 4. The van der Waals surface area contributed by atoms with Gasteiger partial charge in [0.05, 0.1) is 39.5 Å². The fraction of sp³-hybridized carbons (Fsp3) is 0.250. The summed E-state index contributed by atoms with van der Waals surface area (Å²) in [6.07, 6.45) is 1.68. The van der Waals surface area contributed by atoms with Crippen LogP contribution in [0, 0.1) is 13.8 Å². The van der Waals surface area contributed by atoms with Crippen LogP contribution in [-0.2, 0) is 11.3 Å². The van der Waals surface area contributed by atoms with E-state index in [1.807, 2.05) is 49.6 Å². The van der Waals surface area contributed by atoms with Gasteiger partial charge in [-0.25, -0.2) is 15.0 Å². The van der Waals surface area contributed by atoms with E-state index in [0.717, 1.165) is 32.0 Å². The van der Waals surface area contributed by atoms with Crippen molar-refractivity contribution in [2.75, 3.05) is 18.4 Å². The lowest BCUT2D eigenvalue weighted by Crippen LogP contribution is -2.54. The van der Waals surface area contributed by atoms with Crippen molar-refractivity contribution in [1.29, 1.82) is 0 Å². The molecule has 0 atom stereocenters. The first-order valence-corrected chi connectivity index (χ1v) is 12.3. The molecule has 1 saturated heterocycles. The fourth-order valence-corrected chi connectivity index (χ4v) is 5.25. The Morgan fingerprint density at radius 3 is 2.67 bits per heavy atom. The van der Waals surface area contributed by atoms with E-state index < -0.39 is 0 Å². The topological polar surface area (TPSA) is 80.2 Å². The first-order chi connectivity index (χ1) is 16.0. The monoisotopic (exact) mass is 477 g/mol. The second kappa shape index (κ2) is 9.38. The van der Waals surface area contributed by atoms with Gasteiger partial charge in [0, 0.05) is 24.7 Å². The third-order valence-electron chi connectivity index (χ3n) is 5.35. The summed E-state index contributed by atoms with van der Waals surface area (Å²) in [5.74, 6) is 0.624. The Kier molecular flexibility index (Phi) is 6.17. The molecule has 1 aromatic carbocycles. The van der Waals surface area contributed by atoms with Crippen molar-refractivity contribution in [2.45, 2.75) is 26.6 Å². The highest BCUT2D eigenvalue weighted by Gasteiger charge is 2.32. The minimum absolute atomic E-state index is 0.0267. The highest BCUT2D eigenvalue weighted by atomic mass is 32.1. The Morgan fingerprint density at radius 2 is 1.97 bits per heavy atom. The van der Waals surface area contributed by atoms with Gasteiger partial charge in [-0.15, -0.1) is 22.7 Å². The Labute approximate surface area is 200 Å². The molecule has 4 aromatic rings. The number of hydrogen-bond donors (Lipinski definition) is 1. The molecular weight excluding hydrogens is 454 g/mol. The van der Waals surface area contributed by atoms with Gasteiger partial charge in [-0.3, -0.25) is 4.79 Å². The van der Waals surface area contributed by atoms with Gasteiger partial charge in [0.2, 0.25) is 0 Å². The van der Waals surface area contributed by atoms with Gasteiger partial charge in [0.15, 0.2) is 5.13 Å². The average molecular weight is 478 g/mol. The highest BCUT2D eigenvalue weighted by molar-refractivity contribution is 7.16. The molecule has 0 aliphatic carbocycles. The third kappa shape index (κ3) is 4.95. The molecule has 0 spiro atoms. The number of aromatic nitrogens is 3. The Morgan fingerprint density at radius 1 is 1.15 bits per heavy atom. The summed E-state index contributed by atoms with van der Waals surface area (Å²) in [6.45, 7) is 5.76. The lowest BCUT2D eigenvalue weighted by Gasteiger charge is -2.38. The quantitative estimate of drug-likeness (QED) is 0.401. The summed E-state index contributed by atoms with van der Waals surface area (Å²) in [7, 11) is 0. The molecule has 0 saturated carbocycles. The first kappa shape index (κ1) is 21.7. The SMILES string of the molecule is Cc1nc(C)c(-c2csc(Nc3ccc(C(=O)N4CC(OCc5ccccc5)C4)cn3)n2)s1. The molecule has 33 heavy (non-hydrogen) atoms. The summed E-state index contributed by atoms with van der Waals surface area (Å²) in [5.41, 5.74) is 3.62. The van der Waals surface area contributed by atoms with Gasteiger partial charge >= 0.3 is 0 Å². The van der Waals surface area contributed by atoms with Crippen LogP contribution in [0.1, 0.15) is 26.6 Å². The van der Waals surface area contributed by atoms with Gasteiger partial charge in [-0.2, -0.15) is 0 Å². The maximum Gasteiger partial charge on any atom is 0.255 e. The van der Waals surface area contributed by atoms with Crippen LogP contribution in [0.2, 0.25) is 0 Å². The smallest absolute Gasteiger partial charge is 0.255 e. The van der Waals surface area contributed by atoms with Gasteiger partial charge in [0.25, 0.3) is 5.91 Å². The lowest BCUT2D eigenvalue weighted by molar-refractivity contribution is -0.0503. The molecular formula is C24H23N5O2S2. The Hall–Kier alpha value is -3.14. The van der Waals surface area contributed by atoms with Crippen molar-refractivity contribution in [3.05, 3.63) is 75.9 Å². The average Bonchev–Trinajstić information content (AvgIpc) is 3.39. The summed E-state index contributed by atoms with van der Waals surface area (Å²) in [4.78, 5) is 29.1. The number of likely N-dealkylation sites (tertiary alicyclic amines) is 1. The molecule has 1 aliphatic heterocycles. The number of thiazole rings is 2. The molecule has 7 nitrogen and oxygen atoms in total. The highest BCUT2D eigenvalue weighted by Crippen LogP contribution is 2.32. The molecule has 1 N–H and O–H groups in total. The largest absolute Gasteiger partial charge is 0.370 e. The van der Waals surface area contributed by atoms with Crippen molar-refractivity contribution < 1.29 is 9.53 Å². The van der Waals surface area contributed by atoms with E-state index in [4.69, 9.17) is 4.74 Å². The van der Waals surface area contributed by atoms with Crippen molar-refractivity contribution in [1.82, 2.24) is 19.9 Å². The van der Waals surface area contributed by atoms with Crippen LogP contribution in [0.5, 0.6) is 0 Å². The molecule has 0 unspecified atom stereocenters. The predicted molar refractivity (Wildman–Crippen MR) is 131 cm³/mol. The van der Waals surface area contributed by atoms with Crippen LogP contribution in [0.25, 0.3) is 10.6 Å². The second-order valence-electron chi connectivity index (χ2n) is 7.87. The van der Waals surface area contributed by atoms with E-state index in [1.54, 1.807) is 34.6 Å². The zero-order valence-corrected chi connectivity index (χ0v) is 19.9. The zero-order chi connectivity index (χ0) is 22.8. The van der Waals surface area contributed by atoms with Gasteiger partial charge < -0.3 is 15.0 Å². The van der Waals surface area contributed by atoms with E-state index >= 15 is 0 Å². The van der Waals surface area contributed by atoms with Crippen LogP contribution in [0.4, 0.5) is 10.9 Å². The van der Waals surface area contributed by atoms with Crippen molar-refractivity contribution >= 4 is 39.5 Å². The van der Waals surface area contributed by atoms with Crippen LogP contribution in [0.15, 0.2) is 54.0 Å². The number of aryl methyl sites for hydroxylation is 2. The van der Waals surface area contributed by atoms with E-state index in [0.29, 0.717) is 31.1 Å². The Bertz CT molecular complexity index is 1250.